The van der Waals surface area contributed by atoms with E-state index in [1.165, 1.54) is 0 Å². The van der Waals surface area contributed by atoms with Crippen LogP contribution in [-0.2, 0) is 4.74 Å². The molecule has 2 unspecified atom stereocenters. The third kappa shape index (κ3) is 3.15. The molecule has 12 heavy (non-hydrogen) atoms. The van der Waals surface area contributed by atoms with Gasteiger partial charge in [-0.25, -0.2) is 0 Å². The van der Waals surface area contributed by atoms with E-state index in [0.717, 1.165) is 12.8 Å². The Bertz CT molecular complexity index is 160. The largest absolute Gasteiger partial charge is 0.375 e. The van der Waals surface area contributed by atoms with Crippen molar-refractivity contribution < 1.29 is 9.53 Å². The van der Waals surface area contributed by atoms with Gasteiger partial charge < -0.3 is 4.74 Å². The number of thioether (sulfide) groups is 1. The Morgan fingerprint density at radius 1 is 1.33 bits per heavy atom. The molecular weight excluding hydrogens is 172 g/mol. The average molecular weight is 189 g/mol. The molecule has 70 valence electrons. The van der Waals surface area contributed by atoms with Crippen LogP contribution in [0.25, 0.3) is 0 Å². The first-order valence-electron chi connectivity index (χ1n) is 4.42. The van der Waals surface area contributed by atoms with Gasteiger partial charge in [0, 0.05) is 5.25 Å². The molecule has 1 heterocycles. The van der Waals surface area contributed by atoms with Crippen molar-refractivity contribution in [2.75, 3.05) is 0 Å². The highest BCUT2D eigenvalue weighted by atomic mass is 32.2. The van der Waals surface area contributed by atoms with Crippen LogP contribution in [0, 0.1) is 0 Å². The predicted molar refractivity (Wildman–Crippen MR) is 53.2 cm³/mol. The monoisotopic (exact) mass is 189 g/mol. The number of hydrogen-bond donors (Lipinski definition) is 0. The lowest BCUT2D eigenvalue weighted by Gasteiger charge is -2.30. The Morgan fingerprint density at radius 2 is 1.83 bits per heavy atom. The number of rotatable bonds is 1. The van der Waals surface area contributed by atoms with E-state index in [1.54, 1.807) is 18.7 Å². The molecule has 2 atom stereocenters. The van der Waals surface area contributed by atoms with Crippen molar-refractivity contribution >= 4 is 16.9 Å². The summed E-state index contributed by atoms with van der Waals surface area (Å²) in [7, 11) is 0. The summed E-state index contributed by atoms with van der Waals surface area (Å²) in [6, 6.07) is 0. The van der Waals surface area contributed by atoms with Gasteiger partial charge in [0.2, 0.25) is 0 Å². The summed E-state index contributed by atoms with van der Waals surface area (Å²) in [4.78, 5) is 9.12. The van der Waals surface area contributed by atoms with E-state index in [4.69, 9.17) is 9.53 Å². The third-order valence-electron chi connectivity index (χ3n) is 1.99. The highest BCUT2D eigenvalue weighted by molar-refractivity contribution is 8.14. The molecule has 1 N–H and O–H groups in total. The fourth-order valence-electron chi connectivity index (χ4n) is 1.68. The second-order valence-corrected chi connectivity index (χ2v) is 4.98. The van der Waals surface area contributed by atoms with Gasteiger partial charge in [-0.05, 0) is 38.5 Å². The molecule has 1 aliphatic rings. The zero-order chi connectivity index (χ0) is 9.14. The van der Waals surface area contributed by atoms with Crippen LogP contribution in [0.3, 0.4) is 0 Å². The van der Waals surface area contributed by atoms with Crippen molar-refractivity contribution in [3.63, 3.8) is 0 Å². The summed E-state index contributed by atoms with van der Waals surface area (Å²) < 4.78 is 5.59. The highest BCUT2D eigenvalue weighted by Gasteiger charge is 2.26. The first kappa shape index (κ1) is 10.1. The Hall–Kier alpha value is -0.0200. The van der Waals surface area contributed by atoms with Crippen molar-refractivity contribution in [3.05, 3.63) is 0 Å². The summed E-state index contributed by atoms with van der Waals surface area (Å²) in [6.45, 7) is 5.93. The minimum atomic E-state index is 0.339. The lowest BCUT2D eigenvalue weighted by atomic mass is 10.1. The zero-order valence-corrected chi connectivity index (χ0v) is 8.73. The van der Waals surface area contributed by atoms with Gasteiger partial charge in [-0.15, -0.1) is 0 Å². The first-order chi connectivity index (χ1) is 5.58. The van der Waals surface area contributed by atoms with Crippen molar-refractivity contribution in [3.8, 4) is 0 Å². The van der Waals surface area contributed by atoms with Gasteiger partial charge in [0.15, 0.2) is 0 Å². The maximum Gasteiger partial charge on any atom is 0.348 e. The maximum atomic E-state index is 9.12. The van der Waals surface area contributed by atoms with E-state index in [0.29, 0.717) is 22.6 Å². The lowest BCUT2D eigenvalue weighted by molar-refractivity contribution is -0.0263. The molecule has 0 aliphatic carbocycles. The second-order valence-electron chi connectivity index (χ2n) is 3.49. The maximum absolute atomic E-state index is 9.12. The molecule has 0 spiro atoms. The van der Waals surface area contributed by atoms with E-state index in [-0.39, 0.29) is 0 Å². The SMILES string of the molecule is CC(=[OH+])SC1CC(C)OC(C)C1. The summed E-state index contributed by atoms with van der Waals surface area (Å²) in [5.41, 5.74) is 0. The van der Waals surface area contributed by atoms with Crippen LogP contribution in [0.5, 0.6) is 0 Å². The van der Waals surface area contributed by atoms with Gasteiger partial charge in [-0.2, -0.15) is 0 Å². The van der Waals surface area contributed by atoms with E-state index in [1.807, 2.05) is 0 Å². The van der Waals surface area contributed by atoms with Crippen LogP contribution < -0.4 is 0 Å². The van der Waals surface area contributed by atoms with Crippen LogP contribution in [0.15, 0.2) is 0 Å². The molecule has 0 radical (unpaired) electrons. The molecule has 0 aromatic rings. The molecule has 0 amide bonds. The fourth-order valence-corrected chi connectivity index (χ4v) is 2.90. The van der Waals surface area contributed by atoms with Crippen LogP contribution in [0.2, 0.25) is 0 Å². The molecule has 3 heteroatoms. The Labute approximate surface area is 78.1 Å². The topological polar surface area (TPSA) is 30.6 Å². The first-order valence-corrected chi connectivity index (χ1v) is 5.30. The smallest absolute Gasteiger partial charge is 0.348 e. The quantitative estimate of drug-likeness (QED) is 0.592. The molecular formula is C9H17O2S+. The summed E-state index contributed by atoms with van der Waals surface area (Å²) in [5.74, 6) is 0. The molecule has 0 aromatic carbocycles. The van der Waals surface area contributed by atoms with Crippen LogP contribution in [-0.4, -0.2) is 27.4 Å². The van der Waals surface area contributed by atoms with Crippen molar-refractivity contribution in [2.45, 2.75) is 51.1 Å². The van der Waals surface area contributed by atoms with Crippen molar-refractivity contribution in [1.29, 1.82) is 0 Å². The average Bonchev–Trinajstić information content (AvgIpc) is 1.81. The van der Waals surface area contributed by atoms with Crippen LogP contribution >= 0.6 is 11.8 Å². The normalized spacial score (nSPS) is 36.4. The number of ether oxygens (including phenoxy) is 1. The van der Waals surface area contributed by atoms with Gasteiger partial charge >= 0.3 is 5.12 Å². The summed E-state index contributed by atoms with van der Waals surface area (Å²) in [6.07, 6.45) is 2.77. The number of carbonyl (C=O) groups excluding carboxylic acids is 1. The molecule has 0 bridgehead atoms. The van der Waals surface area contributed by atoms with E-state index in [9.17, 15) is 0 Å². The highest BCUT2D eigenvalue weighted by Crippen LogP contribution is 2.28. The minimum absolute atomic E-state index is 0.339. The molecule has 0 saturated carbocycles. The van der Waals surface area contributed by atoms with Crippen LogP contribution in [0.1, 0.15) is 33.6 Å². The van der Waals surface area contributed by atoms with E-state index >= 15 is 0 Å². The third-order valence-corrected chi connectivity index (χ3v) is 3.05. The van der Waals surface area contributed by atoms with Gasteiger partial charge in [0.05, 0.1) is 19.1 Å². The minimum Gasteiger partial charge on any atom is -0.375 e. The molecule has 2 nitrogen and oxygen atoms in total. The fraction of sp³-hybridized carbons (Fsp3) is 0.889. The Kier molecular flexibility index (Phi) is 3.59. The Morgan fingerprint density at radius 3 is 2.25 bits per heavy atom. The summed E-state index contributed by atoms with van der Waals surface area (Å²) in [5, 5.41) is 1.01. The van der Waals surface area contributed by atoms with Crippen molar-refractivity contribution in [2.24, 2.45) is 0 Å². The van der Waals surface area contributed by atoms with Gasteiger partial charge in [-0.3, -0.25) is 4.79 Å². The molecule has 1 saturated heterocycles. The molecule has 1 rings (SSSR count). The molecule has 1 aliphatic heterocycles. The lowest BCUT2D eigenvalue weighted by Crippen LogP contribution is -2.31. The summed E-state index contributed by atoms with van der Waals surface area (Å²) >= 11 is 1.58. The second kappa shape index (κ2) is 4.28. The van der Waals surface area contributed by atoms with E-state index in [2.05, 4.69) is 13.8 Å². The predicted octanol–water partition coefficient (Wildman–Crippen LogP) is 2.20. The van der Waals surface area contributed by atoms with Gasteiger partial charge in [-0.1, -0.05) is 0 Å². The van der Waals surface area contributed by atoms with Crippen LogP contribution in [0.4, 0.5) is 0 Å². The molecule has 0 aromatic heterocycles. The Balaban J connectivity index is 2.38. The van der Waals surface area contributed by atoms with E-state index < -0.39 is 0 Å². The molecule has 1 fully saturated rings. The standard InChI is InChI=1S/C9H16O2S/c1-6-4-9(12-8(3)10)5-7(2)11-6/h6-7,9H,4-5H2,1-3H3/p+1. The van der Waals surface area contributed by atoms with Gasteiger partial charge in [0.25, 0.3) is 0 Å². The number of hydrogen-bond acceptors (Lipinski definition) is 2. The van der Waals surface area contributed by atoms with Crippen molar-refractivity contribution in [1.82, 2.24) is 0 Å². The van der Waals surface area contributed by atoms with Gasteiger partial charge in [0.1, 0.15) is 0 Å². The zero-order valence-electron chi connectivity index (χ0n) is 7.91.